The predicted octanol–water partition coefficient (Wildman–Crippen LogP) is 1.01. The minimum Gasteiger partial charge on any atom is -0.326 e. The highest BCUT2D eigenvalue weighted by atomic mass is 15.4. The molecule has 0 radical (unpaired) electrons. The van der Waals surface area contributed by atoms with E-state index in [0.29, 0.717) is 6.04 Å². The molecule has 0 aromatic carbocycles. The molecule has 0 saturated carbocycles. The van der Waals surface area contributed by atoms with E-state index in [0.717, 1.165) is 19.4 Å². The van der Waals surface area contributed by atoms with Crippen molar-refractivity contribution in [1.82, 2.24) is 10.9 Å². The van der Waals surface area contributed by atoms with Crippen LogP contribution in [0.1, 0.15) is 40.5 Å². The Morgan fingerprint density at radius 2 is 2.00 bits per heavy atom. The van der Waals surface area contributed by atoms with E-state index in [1.165, 1.54) is 0 Å². The molecule has 3 nitrogen and oxygen atoms in total. The fourth-order valence-corrected chi connectivity index (χ4v) is 0.733. The van der Waals surface area contributed by atoms with Crippen molar-refractivity contribution in [3.05, 3.63) is 0 Å². The summed E-state index contributed by atoms with van der Waals surface area (Å²) in [6.45, 7) is 9.32. The minimum absolute atomic E-state index is 0.0653. The average molecular weight is 173 g/mol. The summed E-state index contributed by atoms with van der Waals surface area (Å²) in [6, 6.07) is 0.533. The molecule has 0 fully saturated rings. The third kappa shape index (κ3) is 7.98. The molecule has 0 rings (SSSR count). The lowest BCUT2D eigenvalue weighted by Gasteiger charge is -2.19. The van der Waals surface area contributed by atoms with E-state index in [9.17, 15) is 0 Å². The van der Waals surface area contributed by atoms with Crippen molar-refractivity contribution in [3.63, 3.8) is 0 Å². The van der Waals surface area contributed by atoms with Crippen molar-refractivity contribution in [3.8, 4) is 0 Å². The monoisotopic (exact) mass is 173 g/mol. The molecule has 1 unspecified atom stereocenters. The van der Waals surface area contributed by atoms with Gasteiger partial charge in [-0.2, -0.15) is 0 Å². The smallest absolute Gasteiger partial charge is 0.0182 e. The molecule has 3 heteroatoms. The fourth-order valence-electron chi connectivity index (χ4n) is 0.733. The van der Waals surface area contributed by atoms with E-state index < -0.39 is 0 Å². The van der Waals surface area contributed by atoms with Gasteiger partial charge in [0, 0.05) is 18.1 Å². The number of rotatable bonds is 6. The largest absolute Gasteiger partial charge is 0.326 e. The lowest BCUT2D eigenvalue weighted by atomic mass is 10.0. The Hall–Kier alpha value is -0.120. The van der Waals surface area contributed by atoms with Gasteiger partial charge in [-0.25, -0.2) is 0 Å². The number of hydrogen-bond acceptors (Lipinski definition) is 3. The maximum Gasteiger partial charge on any atom is 0.0182 e. The number of hydrogen-bond donors (Lipinski definition) is 3. The Balaban J connectivity index is 3.22. The number of nitrogens with one attached hydrogen (secondary N) is 2. The van der Waals surface area contributed by atoms with Crippen molar-refractivity contribution in [2.45, 2.75) is 52.1 Å². The summed E-state index contributed by atoms with van der Waals surface area (Å²) in [4.78, 5) is 0. The molecule has 0 aliphatic carbocycles. The molecule has 0 aliphatic rings. The first-order chi connectivity index (χ1) is 5.45. The molecule has 0 spiro atoms. The zero-order chi connectivity index (χ0) is 9.61. The first-order valence-electron chi connectivity index (χ1n) is 4.73. The van der Waals surface area contributed by atoms with Crippen LogP contribution in [0.15, 0.2) is 0 Å². The molecule has 0 aromatic rings. The van der Waals surface area contributed by atoms with Crippen LogP contribution in [0.25, 0.3) is 0 Å². The van der Waals surface area contributed by atoms with Gasteiger partial charge in [-0.15, -0.1) is 0 Å². The van der Waals surface area contributed by atoms with Crippen LogP contribution in [-0.2, 0) is 0 Å². The SMILES string of the molecule is CCC(C)NNCCC(C)(C)N. The molecule has 0 aliphatic heterocycles. The van der Waals surface area contributed by atoms with Gasteiger partial charge < -0.3 is 5.73 Å². The van der Waals surface area contributed by atoms with E-state index >= 15 is 0 Å². The highest BCUT2D eigenvalue weighted by molar-refractivity contribution is 4.72. The van der Waals surface area contributed by atoms with Crippen molar-refractivity contribution in [1.29, 1.82) is 0 Å². The van der Waals surface area contributed by atoms with Crippen LogP contribution in [-0.4, -0.2) is 18.1 Å². The zero-order valence-corrected chi connectivity index (χ0v) is 8.78. The van der Waals surface area contributed by atoms with Gasteiger partial charge in [0.25, 0.3) is 0 Å². The highest BCUT2D eigenvalue weighted by Crippen LogP contribution is 2.00. The molecule has 12 heavy (non-hydrogen) atoms. The topological polar surface area (TPSA) is 50.1 Å². The fraction of sp³-hybridized carbons (Fsp3) is 1.00. The van der Waals surface area contributed by atoms with Gasteiger partial charge in [0.05, 0.1) is 0 Å². The second-order valence-electron chi connectivity index (χ2n) is 4.12. The van der Waals surface area contributed by atoms with Crippen LogP contribution in [0, 0.1) is 0 Å². The third-order valence-electron chi connectivity index (χ3n) is 1.86. The van der Waals surface area contributed by atoms with Crippen LogP contribution < -0.4 is 16.6 Å². The van der Waals surface area contributed by atoms with Crippen molar-refractivity contribution in [2.75, 3.05) is 6.54 Å². The average Bonchev–Trinajstić information content (AvgIpc) is 1.96. The Bertz CT molecular complexity index is 107. The number of hydrazine groups is 1. The predicted molar refractivity (Wildman–Crippen MR) is 53.8 cm³/mol. The minimum atomic E-state index is -0.0653. The van der Waals surface area contributed by atoms with Crippen LogP contribution in [0.2, 0.25) is 0 Å². The number of nitrogens with two attached hydrogens (primary N) is 1. The van der Waals surface area contributed by atoms with Crippen LogP contribution >= 0.6 is 0 Å². The summed E-state index contributed by atoms with van der Waals surface area (Å²) in [6.07, 6.45) is 2.12. The second kappa shape index (κ2) is 5.51. The lowest BCUT2D eigenvalue weighted by Crippen LogP contribution is -2.43. The molecular formula is C9H23N3. The van der Waals surface area contributed by atoms with Crippen molar-refractivity contribution < 1.29 is 0 Å². The summed E-state index contributed by atoms with van der Waals surface area (Å²) < 4.78 is 0. The lowest BCUT2D eigenvalue weighted by molar-refractivity contribution is 0.393. The summed E-state index contributed by atoms with van der Waals surface area (Å²) in [5.74, 6) is 0. The highest BCUT2D eigenvalue weighted by Gasteiger charge is 2.08. The maximum absolute atomic E-state index is 5.82. The first kappa shape index (κ1) is 11.9. The summed E-state index contributed by atoms with van der Waals surface area (Å²) in [5.41, 5.74) is 12.1. The Morgan fingerprint density at radius 1 is 1.42 bits per heavy atom. The van der Waals surface area contributed by atoms with Gasteiger partial charge in [0.2, 0.25) is 0 Å². The molecule has 4 N–H and O–H groups in total. The Labute approximate surface area is 76.1 Å². The van der Waals surface area contributed by atoms with Crippen molar-refractivity contribution >= 4 is 0 Å². The third-order valence-corrected chi connectivity index (χ3v) is 1.86. The Kier molecular flexibility index (Phi) is 5.46. The van der Waals surface area contributed by atoms with Gasteiger partial charge in [0.15, 0.2) is 0 Å². The molecule has 74 valence electrons. The summed E-state index contributed by atoms with van der Waals surface area (Å²) >= 11 is 0. The molecule has 1 atom stereocenters. The van der Waals surface area contributed by atoms with Gasteiger partial charge in [0.1, 0.15) is 0 Å². The van der Waals surface area contributed by atoms with Crippen LogP contribution in [0.4, 0.5) is 0 Å². The molecule has 0 heterocycles. The first-order valence-corrected chi connectivity index (χ1v) is 4.73. The van der Waals surface area contributed by atoms with Gasteiger partial charge in [-0.05, 0) is 33.6 Å². The molecule has 0 aromatic heterocycles. The van der Waals surface area contributed by atoms with Gasteiger partial charge in [-0.3, -0.25) is 10.9 Å². The summed E-state index contributed by atoms with van der Waals surface area (Å²) in [7, 11) is 0. The van der Waals surface area contributed by atoms with E-state index in [4.69, 9.17) is 5.73 Å². The molecule has 0 bridgehead atoms. The molecular weight excluding hydrogens is 150 g/mol. The van der Waals surface area contributed by atoms with Gasteiger partial charge >= 0.3 is 0 Å². The van der Waals surface area contributed by atoms with Crippen LogP contribution in [0.3, 0.4) is 0 Å². The van der Waals surface area contributed by atoms with Crippen molar-refractivity contribution in [2.24, 2.45) is 5.73 Å². The van der Waals surface area contributed by atoms with Crippen LogP contribution in [0.5, 0.6) is 0 Å². The summed E-state index contributed by atoms with van der Waals surface area (Å²) in [5, 5.41) is 0. The quantitative estimate of drug-likeness (QED) is 0.415. The van der Waals surface area contributed by atoms with Gasteiger partial charge in [-0.1, -0.05) is 6.92 Å². The van der Waals surface area contributed by atoms with E-state index in [-0.39, 0.29) is 5.54 Å². The standard InChI is InChI=1S/C9H23N3/c1-5-8(2)12-11-7-6-9(3,4)10/h8,11-12H,5-7,10H2,1-4H3. The van der Waals surface area contributed by atoms with E-state index in [1.54, 1.807) is 0 Å². The van der Waals surface area contributed by atoms with E-state index in [1.807, 2.05) is 13.8 Å². The Morgan fingerprint density at radius 3 is 2.42 bits per heavy atom. The molecule has 0 saturated heterocycles. The zero-order valence-electron chi connectivity index (χ0n) is 8.78. The van der Waals surface area contributed by atoms with E-state index in [2.05, 4.69) is 24.7 Å². The second-order valence-corrected chi connectivity index (χ2v) is 4.12. The normalized spacial score (nSPS) is 14.8. The maximum atomic E-state index is 5.82. The molecule has 0 amide bonds.